The summed E-state index contributed by atoms with van der Waals surface area (Å²) in [5.74, 6) is 0. The fourth-order valence-corrected chi connectivity index (χ4v) is 1.14. The van der Waals surface area contributed by atoms with Gasteiger partial charge in [-0.05, 0) is 20.3 Å². The Morgan fingerprint density at radius 2 is 2.07 bits per heavy atom. The molecule has 0 unspecified atom stereocenters. The van der Waals surface area contributed by atoms with E-state index in [0.717, 1.165) is 26.2 Å². The molecule has 0 rings (SSSR count). The summed E-state index contributed by atoms with van der Waals surface area (Å²) in [7, 11) is 0. The van der Waals surface area contributed by atoms with E-state index in [9.17, 15) is 0 Å². The molecule has 0 N–H and O–H groups in total. The highest BCUT2D eigenvalue weighted by Crippen LogP contribution is 1.97. The fraction of sp³-hybridized carbons (Fsp3) is 0.909. The molecule has 0 fully saturated rings. The molecule has 0 aromatic heterocycles. The molecule has 0 saturated heterocycles. The largest absolute Gasteiger partial charge is 0.380 e. The predicted molar refractivity (Wildman–Crippen MR) is 58.0 cm³/mol. The lowest BCUT2D eigenvalue weighted by Gasteiger charge is -2.22. The lowest BCUT2D eigenvalue weighted by molar-refractivity contribution is 0.0963. The van der Waals surface area contributed by atoms with Gasteiger partial charge in [-0.1, -0.05) is 13.3 Å². The van der Waals surface area contributed by atoms with Crippen LogP contribution >= 0.6 is 0 Å². The first kappa shape index (κ1) is 13.4. The Labute approximate surface area is 87.7 Å². The van der Waals surface area contributed by atoms with Gasteiger partial charge in [0.05, 0.1) is 19.2 Å². The summed E-state index contributed by atoms with van der Waals surface area (Å²) >= 11 is 0. The summed E-state index contributed by atoms with van der Waals surface area (Å²) in [5.41, 5.74) is 0. The third kappa shape index (κ3) is 6.88. The molecule has 0 heterocycles. The van der Waals surface area contributed by atoms with E-state index in [2.05, 4.69) is 31.7 Å². The topological polar surface area (TPSA) is 36.3 Å². The van der Waals surface area contributed by atoms with Crippen molar-refractivity contribution in [2.75, 3.05) is 26.3 Å². The minimum atomic E-state index is 0.421. The molecular formula is C11H22N2O. The van der Waals surface area contributed by atoms with E-state index in [1.807, 2.05) is 0 Å². The molecule has 82 valence electrons. The van der Waals surface area contributed by atoms with Crippen molar-refractivity contribution in [3.8, 4) is 6.07 Å². The maximum atomic E-state index is 8.59. The van der Waals surface area contributed by atoms with E-state index >= 15 is 0 Å². The van der Waals surface area contributed by atoms with Crippen molar-refractivity contribution < 1.29 is 4.74 Å². The number of ether oxygens (including phenoxy) is 1. The van der Waals surface area contributed by atoms with E-state index in [0.29, 0.717) is 12.6 Å². The monoisotopic (exact) mass is 198 g/mol. The molecule has 14 heavy (non-hydrogen) atoms. The molecule has 0 saturated carbocycles. The highest BCUT2D eigenvalue weighted by molar-refractivity contribution is 4.78. The van der Waals surface area contributed by atoms with E-state index in [-0.39, 0.29) is 0 Å². The van der Waals surface area contributed by atoms with Crippen LogP contribution in [-0.2, 0) is 4.74 Å². The standard InChI is InChI=1S/C11H22N2O/c1-4-5-9-14-10-8-13(7-6-12)11(2)3/h11H,4-5,7-10H2,1-3H3. The third-order valence-electron chi connectivity index (χ3n) is 2.17. The van der Waals surface area contributed by atoms with Crippen LogP contribution in [0.25, 0.3) is 0 Å². The van der Waals surface area contributed by atoms with Gasteiger partial charge in [0.25, 0.3) is 0 Å². The zero-order valence-corrected chi connectivity index (χ0v) is 9.62. The predicted octanol–water partition coefficient (Wildman–Crippen LogP) is 2.04. The second-order valence-corrected chi connectivity index (χ2v) is 3.69. The van der Waals surface area contributed by atoms with Crippen LogP contribution in [0.1, 0.15) is 33.6 Å². The van der Waals surface area contributed by atoms with Gasteiger partial charge in [0.2, 0.25) is 0 Å². The van der Waals surface area contributed by atoms with Gasteiger partial charge >= 0.3 is 0 Å². The van der Waals surface area contributed by atoms with Crippen LogP contribution in [0.15, 0.2) is 0 Å². The first-order valence-electron chi connectivity index (χ1n) is 5.41. The fourth-order valence-electron chi connectivity index (χ4n) is 1.14. The Hall–Kier alpha value is -0.590. The number of hydrogen-bond donors (Lipinski definition) is 0. The Balaban J connectivity index is 3.47. The van der Waals surface area contributed by atoms with Crippen LogP contribution in [0.3, 0.4) is 0 Å². The number of hydrogen-bond acceptors (Lipinski definition) is 3. The summed E-state index contributed by atoms with van der Waals surface area (Å²) in [6.07, 6.45) is 2.30. The molecule has 0 spiro atoms. The van der Waals surface area contributed by atoms with Crippen LogP contribution in [0.2, 0.25) is 0 Å². The number of nitriles is 1. The maximum Gasteiger partial charge on any atom is 0.0868 e. The average molecular weight is 198 g/mol. The molecular weight excluding hydrogens is 176 g/mol. The first-order chi connectivity index (χ1) is 6.72. The highest BCUT2D eigenvalue weighted by atomic mass is 16.5. The van der Waals surface area contributed by atoms with E-state index in [1.54, 1.807) is 0 Å². The van der Waals surface area contributed by atoms with Crippen molar-refractivity contribution in [1.29, 1.82) is 5.26 Å². The SMILES string of the molecule is CCCCOCCN(CC#N)C(C)C. The van der Waals surface area contributed by atoms with Gasteiger partial charge in [-0.2, -0.15) is 5.26 Å². The van der Waals surface area contributed by atoms with Crippen LogP contribution < -0.4 is 0 Å². The third-order valence-corrected chi connectivity index (χ3v) is 2.17. The van der Waals surface area contributed by atoms with Crippen molar-refractivity contribution in [3.63, 3.8) is 0 Å². The van der Waals surface area contributed by atoms with Crippen molar-refractivity contribution in [2.45, 2.75) is 39.7 Å². The van der Waals surface area contributed by atoms with Crippen LogP contribution in [0.5, 0.6) is 0 Å². The number of nitrogens with zero attached hydrogens (tertiary/aromatic N) is 2. The highest BCUT2D eigenvalue weighted by Gasteiger charge is 2.07. The van der Waals surface area contributed by atoms with Crippen molar-refractivity contribution in [1.82, 2.24) is 4.90 Å². The molecule has 3 heteroatoms. The molecule has 0 aliphatic rings. The normalized spacial score (nSPS) is 10.9. The van der Waals surface area contributed by atoms with Gasteiger partial charge < -0.3 is 4.74 Å². The summed E-state index contributed by atoms with van der Waals surface area (Å²) in [5, 5.41) is 8.59. The minimum Gasteiger partial charge on any atom is -0.380 e. The van der Waals surface area contributed by atoms with Gasteiger partial charge in [0, 0.05) is 19.2 Å². The summed E-state index contributed by atoms with van der Waals surface area (Å²) in [6.45, 7) is 9.28. The van der Waals surface area contributed by atoms with Gasteiger partial charge in [-0.25, -0.2) is 0 Å². The van der Waals surface area contributed by atoms with Crippen molar-refractivity contribution in [3.05, 3.63) is 0 Å². The molecule has 0 radical (unpaired) electrons. The van der Waals surface area contributed by atoms with E-state index in [1.165, 1.54) is 6.42 Å². The molecule has 0 aromatic rings. The van der Waals surface area contributed by atoms with Crippen LogP contribution in [-0.4, -0.2) is 37.2 Å². The van der Waals surface area contributed by atoms with Crippen LogP contribution in [0, 0.1) is 11.3 Å². The maximum absolute atomic E-state index is 8.59. The summed E-state index contributed by atoms with van der Waals surface area (Å²) < 4.78 is 5.45. The van der Waals surface area contributed by atoms with Gasteiger partial charge in [-0.15, -0.1) is 0 Å². The smallest absolute Gasteiger partial charge is 0.0868 e. The van der Waals surface area contributed by atoms with Gasteiger partial charge in [0.1, 0.15) is 0 Å². The molecule has 3 nitrogen and oxygen atoms in total. The second-order valence-electron chi connectivity index (χ2n) is 3.69. The zero-order valence-electron chi connectivity index (χ0n) is 9.62. The lowest BCUT2D eigenvalue weighted by Crippen LogP contribution is -2.34. The Morgan fingerprint density at radius 1 is 1.36 bits per heavy atom. The Kier molecular flexibility index (Phi) is 8.61. The molecule has 0 aliphatic carbocycles. The van der Waals surface area contributed by atoms with Gasteiger partial charge in [0.15, 0.2) is 0 Å². The molecule has 0 aliphatic heterocycles. The first-order valence-corrected chi connectivity index (χ1v) is 5.41. The summed E-state index contributed by atoms with van der Waals surface area (Å²) in [4.78, 5) is 2.12. The van der Waals surface area contributed by atoms with Gasteiger partial charge in [-0.3, -0.25) is 4.90 Å². The molecule has 0 aromatic carbocycles. The lowest BCUT2D eigenvalue weighted by atomic mass is 10.3. The molecule has 0 atom stereocenters. The zero-order chi connectivity index (χ0) is 10.8. The van der Waals surface area contributed by atoms with Crippen molar-refractivity contribution >= 4 is 0 Å². The van der Waals surface area contributed by atoms with E-state index in [4.69, 9.17) is 10.00 Å². The van der Waals surface area contributed by atoms with Crippen LogP contribution in [0.4, 0.5) is 0 Å². The summed E-state index contributed by atoms with van der Waals surface area (Å²) in [6, 6.07) is 2.59. The minimum absolute atomic E-state index is 0.421. The Morgan fingerprint density at radius 3 is 2.57 bits per heavy atom. The van der Waals surface area contributed by atoms with Crippen molar-refractivity contribution in [2.24, 2.45) is 0 Å². The second kappa shape index (κ2) is 8.98. The number of rotatable bonds is 8. The molecule has 0 bridgehead atoms. The average Bonchev–Trinajstić information content (AvgIpc) is 2.15. The number of unbranched alkanes of at least 4 members (excludes halogenated alkanes) is 1. The molecule has 0 amide bonds. The quantitative estimate of drug-likeness (QED) is 0.442. The van der Waals surface area contributed by atoms with E-state index < -0.39 is 0 Å². The Bertz CT molecular complexity index is 163.